The van der Waals surface area contributed by atoms with E-state index in [2.05, 4.69) is 4.90 Å². The predicted octanol–water partition coefficient (Wildman–Crippen LogP) is 3.21. The smallest absolute Gasteiger partial charge is 0.344 e. The van der Waals surface area contributed by atoms with Gasteiger partial charge in [-0.3, -0.25) is 4.90 Å². The van der Waals surface area contributed by atoms with Gasteiger partial charge in [-0.05, 0) is 25.1 Å². The number of rotatable bonds is 13. The van der Waals surface area contributed by atoms with Crippen molar-refractivity contribution in [1.82, 2.24) is 4.90 Å². The van der Waals surface area contributed by atoms with Crippen molar-refractivity contribution in [1.29, 1.82) is 0 Å². The Kier molecular flexibility index (Phi) is 9.37. The molecule has 8 heteroatoms. The summed E-state index contributed by atoms with van der Waals surface area (Å²) in [6.07, 6.45) is -1.03. The number of ether oxygens (including phenoxy) is 4. The van der Waals surface area contributed by atoms with Gasteiger partial charge in [0.15, 0.2) is 29.2 Å². The van der Waals surface area contributed by atoms with Crippen molar-refractivity contribution in [3.63, 3.8) is 0 Å². The van der Waals surface area contributed by atoms with Crippen LogP contribution in [0, 0.1) is 5.82 Å². The van der Waals surface area contributed by atoms with E-state index in [1.54, 1.807) is 31.4 Å². The lowest BCUT2D eigenvalue weighted by molar-refractivity contribution is -0.144. The van der Waals surface area contributed by atoms with Crippen LogP contribution in [0.15, 0.2) is 42.5 Å². The van der Waals surface area contributed by atoms with E-state index < -0.39 is 17.9 Å². The zero-order valence-corrected chi connectivity index (χ0v) is 17.5. The van der Waals surface area contributed by atoms with Gasteiger partial charge in [-0.1, -0.05) is 24.3 Å². The van der Waals surface area contributed by atoms with Crippen LogP contribution in [-0.4, -0.2) is 62.6 Å². The summed E-state index contributed by atoms with van der Waals surface area (Å²) in [4.78, 5) is 13.3. The molecule has 0 aromatic heterocycles. The molecule has 1 atom stereocenters. The molecule has 2 aromatic rings. The van der Waals surface area contributed by atoms with Gasteiger partial charge in [0.1, 0.15) is 6.61 Å². The van der Waals surface area contributed by atoms with Crippen molar-refractivity contribution < 1.29 is 33.2 Å². The number of carboxylic acid groups (broad SMARTS) is 1. The number of halogens is 1. The van der Waals surface area contributed by atoms with E-state index in [4.69, 9.17) is 18.9 Å². The zero-order valence-electron chi connectivity index (χ0n) is 17.5. The quantitative estimate of drug-likeness (QED) is 0.532. The van der Waals surface area contributed by atoms with Crippen molar-refractivity contribution in [2.75, 3.05) is 40.5 Å². The number of carbonyl (C=O) groups is 1. The molecule has 7 nitrogen and oxygen atoms in total. The topological polar surface area (TPSA) is 77.5 Å². The molecule has 0 bridgehead atoms. The summed E-state index contributed by atoms with van der Waals surface area (Å²) >= 11 is 0. The van der Waals surface area contributed by atoms with Gasteiger partial charge < -0.3 is 24.1 Å². The van der Waals surface area contributed by atoms with Crippen molar-refractivity contribution in [3.05, 3.63) is 53.8 Å². The highest BCUT2D eigenvalue weighted by Crippen LogP contribution is 2.33. The number of nitrogens with zero attached hydrogens (tertiary/aromatic N) is 1. The van der Waals surface area contributed by atoms with E-state index in [9.17, 15) is 14.3 Å². The molecule has 30 heavy (non-hydrogen) atoms. The van der Waals surface area contributed by atoms with Crippen molar-refractivity contribution in [3.8, 4) is 17.2 Å². The Labute approximate surface area is 175 Å². The Morgan fingerprint density at radius 1 is 1.07 bits per heavy atom. The minimum atomic E-state index is -1.07. The first-order chi connectivity index (χ1) is 14.5. The Morgan fingerprint density at radius 3 is 2.43 bits per heavy atom. The van der Waals surface area contributed by atoms with Crippen LogP contribution >= 0.6 is 0 Å². The SMILES string of the molecule is COCCN(CCOc1ccccc1F)Cc1cccc(OC)c1O[C@@H](C)C(=O)O. The van der Waals surface area contributed by atoms with Gasteiger partial charge in [0, 0.05) is 32.3 Å². The standard InChI is InChI=1S/C22H28FNO6/c1-16(22(25)26)30-21-17(7-6-10-20(21)28-3)15-24(11-13-27-2)12-14-29-19-9-5-4-8-18(19)23/h4-10,16H,11-15H2,1-3H3,(H,25,26)/t16-/m0/s1. The molecule has 0 aliphatic rings. The first kappa shape index (κ1) is 23.4. The van der Waals surface area contributed by atoms with Crippen LogP contribution in [0.1, 0.15) is 12.5 Å². The first-order valence-electron chi connectivity index (χ1n) is 9.60. The Bertz CT molecular complexity index is 816. The van der Waals surface area contributed by atoms with Crippen LogP contribution in [-0.2, 0) is 16.1 Å². The molecule has 0 amide bonds. The summed E-state index contributed by atoms with van der Waals surface area (Å²) in [5, 5.41) is 9.20. The molecule has 0 saturated carbocycles. The summed E-state index contributed by atoms with van der Waals surface area (Å²) in [6.45, 7) is 3.78. The largest absolute Gasteiger partial charge is 0.493 e. The molecular formula is C22H28FNO6. The number of aliphatic carboxylic acids is 1. The number of methoxy groups -OCH3 is 2. The Balaban J connectivity index is 2.12. The lowest BCUT2D eigenvalue weighted by atomic mass is 10.1. The van der Waals surface area contributed by atoms with Gasteiger partial charge in [0.05, 0.1) is 13.7 Å². The number of para-hydroxylation sites is 2. The van der Waals surface area contributed by atoms with Gasteiger partial charge in [0.2, 0.25) is 0 Å². The fourth-order valence-corrected chi connectivity index (χ4v) is 2.79. The maximum Gasteiger partial charge on any atom is 0.344 e. The number of hydrogen-bond acceptors (Lipinski definition) is 6. The van der Waals surface area contributed by atoms with Crippen LogP contribution in [0.2, 0.25) is 0 Å². The molecular weight excluding hydrogens is 393 g/mol. The fraction of sp³-hybridized carbons (Fsp3) is 0.409. The van der Waals surface area contributed by atoms with Crippen LogP contribution in [0.3, 0.4) is 0 Å². The molecule has 0 radical (unpaired) electrons. The molecule has 1 N–H and O–H groups in total. The third-order valence-corrected chi connectivity index (χ3v) is 4.43. The maximum absolute atomic E-state index is 13.7. The molecule has 0 heterocycles. The summed E-state index contributed by atoms with van der Waals surface area (Å²) < 4.78 is 35.5. The van der Waals surface area contributed by atoms with Gasteiger partial charge in [-0.15, -0.1) is 0 Å². The Morgan fingerprint density at radius 2 is 1.77 bits per heavy atom. The highest BCUT2D eigenvalue weighted by Gasteiger charge is 2.20. The molecule has 0 unspecified atom stereocenters. The lowest BCUT2D eigenvalue weighted by Crippen LogP contribution is -2.32. The molecule has 0 spiro atoms. The lowest BCUT2D eigenvalue weighted by Gasteiger charge is -2.24. The Hall–Kier alpha value is -2.84. The molecule has 0 fully saturated rings. The van der Waals surface area contributed by atoms with Gasteiger partial charge >= 0.3 is 5.97 Å². The first-order valence-corrected chi connectivity index (χ1v) is 9.60. The summed E-state index contributed by atoms with van der Waals surface area (Å²) in [7, 11) is 3.12. The van der Waals surface area contributed by atoms with Gasteiger partial charge in [-0.25, -0.2) is 9.18 Å². The number of carboxylic acids is 1. The van der Waals surface area contributed by atoms with E-state index in [-0.39, 0.29) is 12.4 Å². The fourth-order valence-electron chi connectivity index (χ4n) is 2.79. The van der Waals surface area contributed by atoms with Crippen molar-refractivity contribution in [2.45, 2.75) is 19.6 Å². The average molecular weight is 421 g/mol. The van der Waals surface area contributed by atoms with Crippen molar-refractivity contribution >= 4 is 5.97 Å². The van der Waals surface area contributed by atoms with E-state index in [1.165, 1.54) is 20.1 Å². The molecule has 2 rings (SSSR count). The summed E-state index contributed by atoms with van der Waals surface area (Å²) in [5.41, 5.74) is 0.768. The van der Waals surface area contributed by atoms with Gasteiger partial charge in [0.25, 0.3) is 0 Å². The minimum Gasteiger partial charge on any atom is -0.493 e. The molecule has 0 saturated heterocycles. The van der Waals surface area contributed by atoms with E-state index >= 15 is 0 Å². The van der Waals surface area contributed by atoms with E-state index in [0.29, 0.717) is 37.7 Å². The minimum absolute atomic E-state index is 0.199. The monoisotopic (exact) mass is 421 g/mol. The van der Waals surface area contributed by atoms with E-state index in [1.807, 2.05) is 12.1 Å². The maximum atomic E-state index is 13.7. The second kappa shape index (κ2) is 12.0. The predicted molar refractivity (Wildman–Crippen MR) is 110 cm³/mol. The van der Waals surface area contributed by atoms with E-state index in [0.717, 1.165) is 5.56 Å². The molecule has 0 aliphatic carbocycles. The van der Waals surface area contributed by atoms with Gasteiger partial charge in [-0.2, -0.15) is 0 Å². The van der Waals surface area contributed by atoms with Crippen molar-refractivity contribution in [2.24, 2.45) is 0 Å². The molecule has 164 valence electrons. The third kappa shape index (κ3) is 6.89. The molecule has 2 aromatic carbocycles. The van der Waals surface area contributed by atoms with Crippen LogP contribution in [0.25, 0.3) is 0 Å². The zero-order chi connectivity index (χ0) is 21.9. The summed E-state index contributed by atoms with van der Waals surface area (Å²) in [5.74, 6) is -0.444. The number of benzene rings is 2. The molecule has 0 aliphatic heterocycles. The third-order valence-electron chi connectivity index (χ3n) is 4.43. The normalized spacial score (nSPS) is 11.9. The second-order valence-electron chi connectivity index (χ2n) is 6.59. The summed E-state index contributed by atoms with van der Waals surface area (Å²) in [6, 6.07) is 11.6. The highest BCUT2D eigenvalue weighted by molar-refractivity contribution is 5.72. The van der Waals surface area contributed by atoms with Crippen LogP contribution in [0.5, 0.6) is 17.2 Å². The average Bonchev–Trinajstić information content (AvgIpc) is 2.74. The highest BCUT2D eigenvalue weighted by atomic mass is 19.1. The number of hydrogen-bond donors (Lipinski definition) is 1. The van der Waals surface area contributed by atoms with Crippen LogP contribution < -0.4 is 14.2 Å². The van der Waals surface area contributed by atoms with Crippen LogP contribution in [0.4, 0.5) is 4.39 Å². The second-order valence-corrected chi connectivity index (χ2v) is 6.59.